The number of hydrogen-bond donors (Lipinski definition) is 1. The van der Waals surface area contributed by atoms with Crippen molar-refractivity contribution in [1.29, 1.82) is 0 Å². The van der Waals surface area contributed by atoms with Gasteiger partial charge < -0.3 is 19.3 Å². The minimum Gasteiger partial charge on any atom is -0.491 e. The maximum Gasteiger partial charge on any atom is 0.119 e. The molecule has 1 heterocycles. The van der Waals surface area contributed by atoms with Crippen LogP contribution in [0.1, 0.15) is 25.3 Å². The van der Waals surface area contributed by atoms with Gasteiger partial charge in [0.15, 0.2) is 0 Å². The van der Waals surface area contributed by atoms with Crippen LogP contribution in [0.25, 0.3) is 0 Å². The highest BCUT2D eigenvalue weighted by molar-refractivity contribution is 5.28. The SMILES string of the molecule is CCc1cccc(OCC(O)COC2CCOCC2)c1. The molecule has 1 aromatic carbocycles. The summed E-state index contributed by atoms with van der Waals surface area (Å²) in [6.07, 6.45) is 2.41. The first-order chi connectivity index (χ1) is 9.78. The van der Waals surface area contributed by atoms with Crippen molar-refractivity contribution >= 4 is 0 Å². The van der Waals surface area contributed by atoms with E-state index in [1.807, 2.05) is 18.2 Å². The number of aliphatic hydroxyl groups excluding tert-OH is 1. The zero-order chi connectivity index (χ0) is 14.2. The van der Waals surface area contributed by atoms with Crippen LogP contribution < -0.4 is 4.74 Å². The van der Waals surface area contributed by atoms with E-state index in [9.17, 15) is 5.11 Å². The molecule has 1 aliphatic heterocycles. The molecule has 0 aromatic heterocycles. The van der Waals surface area contributed by atoms with Crippen molar-refractivity contribution in [3.8, 4) is 5.75 Å². The molecule has 0 aliphatic carbocycles. The Bertz CT molecular complexity index is 388. The fourth-order valence-corrected chi connectivity index (χ4v) is 2.19. The predicted molar refractivity (Wildman–Crippen MR) is 77.1 cm³/mol. The predicted octanol–water partition coefficient (Wildman–Crippen LogP) is 2.18. The van der Waals surface area contributed by atoms with Crippen LogP contribution >= 0.6 is 0 Å². The molecule has 112 valence electrons. The van der Waals surface area contributed by atoms with E-state index in [1.54, 1.807) is 0 Å². The fraction of sp³-hybridized carbons (Fsp3) is 0.625. The van der Waals surface area contributed by atoms with Gasteiger partial charge in [-0.2, -0.15) is 0 Å². The lowest BCUT2D eigenvalue weighted by Crippen LogP contribution is -2.30. The average Bonchev–Trinajstić information content (AvgIpc) is 2.52. The van der Waals surface area contributed by atoms with Gasteiger partial charge >= 0.3 is 0 Å². The molecule has 4 nitrogen and oxygen atoms in total. The molecule has 0 radical (unpaired) electrons. The monoisotopic (exact) mass is 280 g/mol. The fourth-order valence-electron chi connectivity index (χ4n) is 2.19. The molecule has 1 fully saturated rings. The molecule has 0 spiro atoms. The molecule has 1 atom stereocenters. The van der Waals surface area contributed by atoms with Crippen molar-refractivity contribution in [1.82, 2.24) is 0 Å². The van der Waals surface area contributed by atoms with E-state index >= 15 is 0 Å². The Kier molecular flexibility index (Phi) is 6.30. The molecule has 1 unspecified atom stereocenters. The van der Waals surface area contributed by atoms with Crippen LogP contribution in [-0.2, 0) is 15.9 Å². The minimum absolute atomic E-state index is 0.210. The smallest absolute Gasteiger partial charge is 0.119 e. The summed E-state index contributed by atoms with van der Waals surface area (Å²) in [5, 5.41) is 9.89. The van der Waals surface area contributed by atoms with Gasteiger partial charge in [0.25, 0.3) is 0 Å². The Labute approximate surface area is 120 Å². The van der Waals surface area contributed by atoms with Crippen molar-refractivity contribution in [3.05, 3.63) is 29.8 Å². The van der Waals surface area contributed by atoms with Gasteiger partial charge in [0, 0.05) is 13.2 Å². The third kappa shape index (κ3) is 5.12. The number of benzene rings is 1. The highest BCUT2D eigenvalue weighted by Gasteiger charge is 2.16. The van der Waals surface area contributed by atoms with E-state index in [1.165, 1.54) is 5.56 Å². The molecule has 2 rings (SSSR count). The van der Waals surface area contributed by atoms with Crippen LogP contribution in [0, 0.1) is 0 Å². The lowest BCUT2D eigenvalue weighted by molar-refractivity contribution is -0.0659. The molecule has 0 bridgehead atoms. The van der Waals surface area contributed by atoms with Crippen molar-refractivity contribution in [3.63, 3.8) is 0 Å². The van der Waals surface area contributed by atoms with Gasteiger partial charge in [0.1, 0.15) is 18.5 Å². The Morgan fingerprint density at radius 2 is 2.10 bits per heavy atom. The van der Waals surface area contributed by atoms with Gasteiger partial charge in [-0.3, -0.25) is 0 Å². The lowest BCUT2D eigenvalue weighted by atomic mass is 10.1. The van der Waals surface area contributed by atoms with Gasteiger partial charge in [-0.15, -0.1) is 0 Å². The van der Waals surface area contributed by atoms with Crippen LogP contribution in [0.4, 0.5) is 0 Å². The van der Waals surface area contributed by atoms with E-state index in [0.717, 1.165) is 38.2 Å². The average molecular weight is 280 g/mol. The van der Waals surface area contributed by atoms with Gasteiger partial charge in [-0.25, -0.2) is 0 Å². The van der Waals surface area contributed by atoms with E-state index in [-0.39, 0.29) is 12.7 Å². The Hall–Kier alpha value is -1.10. The quantitative estimate of drug-likeness (QED) is 0.831. The van der Waals surface area contributed by atoms with Crippen LogP contribution in [-0.4, -0.2) is 43.7 Å². The highest BCUT2D eigenvalue weighted by Crippen LogP contribution is 2.14. The number of hydrogen-bond acceptors (Lipinski definition) is 4. The second kappa shape index (κ2) is 8.25. The summed E-state index contributed by atoms with van der Waals surface area (Å²) in [5.41, 5.74) is 1.23. The van der Waals surface area contributed by atoms with Crippen LogP contribution in [0.15, 0.2) is 24.3 Å². The van der Waals surface area contributed by atoms with Crippen molar-refractivity contribution < 1.29 is 19.3 Å². The molecule has 4 heteroatoms. The van der Waals surface area contributed by atoms with E-state index in [2.05, 4.69) is 13.0 Å². The molecule has 1 aliphatic rings. The maximum absolute atomic E-state index is 9.89. The van der Waals surface area contributed by atoms with Crippen LogP contribution in [0.5, 0.6) is 5.75 Å². The van der Waals surface area contributed by atoms with Gasteiger partial charge in [0.05, 0.1) is 12.7 Å². The van der Waals surface area contributed by atoms with Crippen molar-refractivity contribution in [2.45, 2.75) is 38.4 Å². The number of rotatable bonds is 7. The van der Waals surface area contributed by atoms with Crippen LogP contribution in [0.2, 0.25) is 0 Å². The van der Waals surface area contributed by atoms with E-state index < -0.39 is 6.10 Å². The molecular weight excluding hydrogens is 256 g/mol. The van der Waals surface area contributed by atoms with Crippen LogP contribution in [0.3, 0.4) is 0 Å². The Balaban J connectivity index is 1.67. The summed E-state index contributed by atoms with van der Waals surface area (Å²) < 4.78 is 16.5. The third-order valence-electron chi connectivity index (χ3n) is 3.44. The molecule has 1 N–H and O–H groups in total. The van der Waals surface area contributed by atoms with Crippen molar-refractivity contribution in [2.75, 3.05) is 26.4 Å². The third-order valence-corrected chi connectivity index (χ3v) is 3.44. The molecule has 0 amide bonds. The Morgan fingerprint density at radius 3 is 2.85 bits per heavy atom. The summed E-state index contributed by atoms with van der Waals surface area (Å²) in [6, 6.07) is 7.95. The summed E-state index contributed by atoms with van der Waals surface area (Å²) >= 11 is 0. The lowest BCUT2D eigenvalue weighted by Gasteiger charge is -2.23. The van der Waals surface area contributed by atoms with Crippen molar-refractivity contribution in [2.24, 2.45) is 0 Å². The summed E-state index contributed by atoms with van der Waals surface area (Å²) in [4.78, 5) is 0. The minimum atomic E-state index is -0.594. The van der Waals surface area contributed by atoms with E-state index in [0.29, 0.717) is 6.61 Å². The normalized spacial score (nSPS) is 17.9. The van der Waals surface area contributed by atoms with Gasteiger partial charge in [-0.05, 0) is 37.0 Å². The second-order valence-electron chi connectivity index (χ2n) is 5.11. The standard InChI is InChI=1S/C16H24O4/c1-2-13-4-3-5-16(10-13)20-12-14(17)11-19-15-6-8-18-9-7-15/h3-5,10,14-15,17H,2,6-9,11-12H2,1H3. The summed E-state index contributed by atoms with van der Waals surface area (Å²) in [5.74, 6) is 0.800. The highest BCUT2D eigenvalue weighted by atomic mass is 16.5. The topological polar surface area (TPSA) is 47.9 Å². The summed E-state index contributed by atoms with van der Waals surface area (Å²) in [6.45, 7) is 4.19. The van der Waals surface area contributed by atoms with E-state index in [4.69, 9.17) is 14.2 Å². The molecular formula is C16H24O4. The first-order valence-electron chi connectivity index (χ1n) is 7.37. The summed E-state index contributed by atoms with van der Waals surface area (Å²) in [7, 11) is 0. The zero-order valence-electron chi connectivity index (χ0n) is 12.1. The molecule has 20 heavy (non-hydrogen) atoms. The van der Waals surface area contributed by atoms with Gasteiger partial charge in [0.2, 0.25) is 0 Å². The number of ether oxygens (including phenoxy) is 3. The number of aryl methyl sites for hydroxylation is 1. The zero-order valence-corrected chi connectivity index (χ0v) is 12.1. The molecule has 1 aromatic rings. The molecule has 1 saturated heterocycles. The molecule has 0 saturated carbocycles. The Morgan fingerprint density at radius 1 is 1.30 bits per heavy atom. The first-order valence-corrected chi connectivity index (χ1v) is 7.37. The first kappa shape index (κ1) is 15.3. The second-order valence-corrected chi connectivity index (χ2v) is 5.11. The largest absolute Gasteiger partial charge is 0.491 e. The number of aliphatic hydroxyl groups is 1. The maximum atomic E-state index is 9.89. The van der Waals surface area contributed by atoms with Gasteiger partial charge in [-0.1, -0.05) is 19.1 Å².